The number of halogens is 3. The number of aromatic nitrogens is 1. The summed E-state index contributed by atoms with van der Waals surface area (Å²) in [7, 11) is 0. The van der Waals surface area contributed by atoms with E-state index in [-0.39, 0.29) is 0 Å². The van der Waals surface area contributed by atoms with Crippen LogP contribution in [0.1, 0.15) is 5.69 Å². The molecule has 0 aliphatic rings. The molecule has 0 amide bonds. The van der Waals surface area contributed by atoms with Gasteiger partial charge in [-0.2, -0.15) is 0 Å². The highest BCUT2D eigenvalue weighted by Crippen LogP contribution is 2.35. The van der Waals surface area contributed by atoms with Crippen molar-refractivity contribution in [3.63, 3.8) is 0 Å². The van der Waals surface area contributed by atoms with E-state index in [0.29, 0.717) is 6.07 Å². The molecule has 7 nitrogen and oxygen atoms in total. The molecule has 0 unspecified atom stereocenters. The molecule has 0 radical (unpaired) electrons. The van der Waals surface area contributed by atoms with Gasteiger partial charge in [0, 0.05) is 0 Å². The molecule has 0 aliphatic heterocycles. The number of ether oxygens (including phenoxy) is 1. The Labute approximate surface area is 91.2 Å². The van der Waals surface area contributed by atoms with Crippen molar-refractivity contribution in [1.29, 1.82) is 0 Å². The highest BCUT2D eigenvalue weighted by molar-refractivity contribution is 5.47. The first kappa shape index (κ1) is 13.0. The van der Waals surface area contributed by atoms with Crippen molar-refractivity contribution in [2.45, 2.75) is 13.0 Å². The van der Waals surface area contributed by atoms with E-state index in [1.807, 2.05) is 0 Å². The molecule has 1 heterocycles. The Balaban J connectivity index is 3.28. The topological polar surface area (TPSA) is 106 Å². The molecular weight excluding hydrogens is 249 g/mol. The van der Waals surface area contributed by atoms with Crippen LogP contribution in [-0.2, 0) is 6.61 Å². The van der Waals surface area contributed by atoms with Gasteiger partial charge in [0.1, 0.15) is 6.61 Å². The van der Waals surface area contributed by atoms with Crippen molar-refractivity contribution < 1.29 is 33.0 Å². The van der Waals surface area contributed by atoms with Gasteiger partial charge in [-0.05, 0) is 9.91 Å². The molecular formula is C7H5F3N2O5. The average Bonchev–Trinajstić information content (AvgIpc) is 2.18. The maximum atomic E-state index is 11.9. The molecule has 1 aromatic heterocycles. The van der Waals surface area contributed by atoms with Gasteiger partial charge in [0.15, 0.2) is 5.75 Å². The molecule has 10 heteroatoms. The third kappa shape index (κ3) is 3.17. The zero-order valence-corrected chi connectivity index (χ0v) is 7.93. The lowest BCUT2D eigenvalue weighted by Gasteiger charge is -2.10. The molecule has 2 N–H and O–H groups in total. The summed E-state index contributed by atoms with van der Waals surface area (Å²) in [6.45, 7) is -0.971. The maximum absolute atomic E-state index is 11.9. The Morgan fingerprint density at radius 1 is 1.53 bits per heavy atom. The first-order chi connectivity index (χ1) is 7.74. The standard InChI is InChI=1S/C7H5F3N2O5/c8-7(9,10)17-4-1-5(12(15)16)11-3(2-13)6(4)14/h1,13-14H,2H2. The molecule has 1 aromatic rings. The second-order valence-electron chi connectivity index (χ2n) is 2.74. The van der Waals surface area contributed by atoms with E-state index < -0.39 is 40.9 Å². The Morgan fingerprint density at radius 3 is 2.53 bits per heavy atom. The van der Waals surface area contributed by atoms with Crippen molar-refractivity contribution in [3.05, 3.63) is 21.9 Å². The minimum Gasteiger partial charge on any atom is -0.501 e. The Bertz CT molecular complexity index is 448. The minimum atomic E-state index is -5.13. The molecule has 0 aliphatic carbocycles. The van der Waals surface area contributed by atoms with Gasteiger partial charge < -0.3 is 25.1 Å². The summed E-state index contributed by atoms with van der Waals surface area (Å²) in [5, 5.41) is 28.2. The van der Waals surface area contributed by atoms with Crippen molar-refractivity contribution in [3.8, 4) is 11.5 Å². The van der Waals surface area contributed by atoms with Crippen molar-refractivity contribution in [2.24, 2.45) is 0 Å². The predicted octanol–water partition coefficient (Wildman–Crippen LogP) is 1.09. The van der Waals surface area contributed by atoms with E-state index in [2.05, 4.69) is 9.72 Å². The average molecular weight is 254 g/mol. The number of nitro groups is 1. The summed E-state index contributed by atoms with van der Waals surface area (Å²) < 4.78 is 39.1. The Morgan fingerprint density at radius 2 is 2.12 bits per heavy atom. The minimum absolute atomic E-state index is 0.308. The van der Waals surface area contributed by atoms with Gasteiger partial charge in [0.2, 0.25) is 11.4 Å². The highest BCUT2D eigenvalue weighted by Gasteiger charge is 2.34. The fourth-order valence-electron chi connectivity index (χ4n) is 0.958. The van der Waals surface area contributed by atoms with Gasteiger partial charge in [-0.25, -0.2) is 0 Å². The SMILES string of the molecule is O=[N+]([O-])c1cc(OC(F)(F)F)c(O)c(CO)n1. The van der Waals surface area contributed by atoms with Crippen LogP contribution in [0.2, 0.25) is 0 Å². The van der Waals surface area contributed by atoms with Gasteiger partial charge in [0.05, 0.1) is 6.07 Å². The van der Waals surface area contributed by atoms with E-state index in [1.54, 1.807) is 0 Å². The van der Waals surface area contributed by atoms with Crippen LogP contribution in [-0.4, -0.2) is 26.5 Å². The van der Waals surface area contributed by atoms with Crippen LogP contribution in [0.15, 0.2) is 6.07 Å². The summed E-state index contributed by atoms with van der Waals surface area (Å²) >= 11 is 0. The number of pyridine rings is 1. The third-order valence-corrected chi connectivity index (χ3v) is 1.58. The van der Waals surface area contributed by atoms with E-state index >= 15 is 0 Å². The number of nitrogens with zero attached hydrogens (tertiary/aromatic N) is 2. The van der Waals surface area contributed by atoms with Crippen LogP contribution in [0.4, 0.5) is 19.0 Å². The number of hydrogen-bond donors (Lipinski definition) is 2. The quantitative estimate of drug-likeness (QED) is 0.617. The maximum Gasteiger partial charge on any atom is 0.573 e. The summed E-state index contributed by atoms with van der Waals surface area (Å²) in [6.07, 6.45) is -5.13. The molecule has 0 saturated heterocycles. The number of aliphatic hydroxyl groups excluding tert-OH is 1. The Kier molecular flexibility index (Phi) is 3.36. The molecule has 0 aromatic carbocycles. The van der Waals surface area contributed by atoms with Crippen molar-refractivity contribution >= 4 is 5.82 Å². The third-order valence-electron chi connectivity index (χ3n) is 1.58. The lowest BCUT2D eigenvalue weighted by molar-refractivity contribution is -0.389. The number of rotatable bonds is 3. The smallest absolute Gasteiger partial charge is 0.501 e. The van der Waals surface area contributed by atoms with E-state index in [0.717, 1.165) is 0 Å². The molecule has 94 valence electrons. The van der Waals surface area contributed by atoms with E-state index in [9.17, 15) is 28.4 Å². The van der Waals surface area contributed by atoms with Crippen LogP contribution >= 0.6 is 0 Å². The molecule has 0 atom stereocenters. The highest BCUT2D eigenvalue weighted by atomic mass is 19.4. The number of alkyl halides is 3. The molecule has 0 saturated carbocycles. The first-order valence-electron chi connectivity index (χ1n) is 3.98. The second-order valence-corrected chi connectivity index (χ2v) is 2.74. The predicted molar refractivity (Wildman–Crippen MR) is 45.2 cm³/mol. The lowest BCUT2D eigenvalue weighted by atomic mass is 10.3. The van der Waals surface area contributed by atoms with E-state index in [4.69, 9.17) is 5.11 Å². The molecule has 0 fully saturated rings. The Hall–Kier alpha value is -2.10. The summed E-state index contributed by atoms with van der Waals surface area (Å²) in [6, 6.07) is 0.308. The van der Waals surface area contributed by atoms with Crippen LogP contribution in [0.3, 0.4) is 0 Å². The molecule has 0 spiro atoms. The first-order valence-corrected chi connectivity index (χ1v) is 3.98. The van der Waals surface area contributed by atoms with Crippen molar-refractivity contribution in [1.82, 2.24) is 4.98 Å². The number of aliphatic hydroxyl groups is 1. The lowest BCUT2D eigenvalue weighted by Crippen LogP contribution is -2.17. The fourth-order valence-corrected chi connectivity index (χ4v) is 0.958. The summed E-state index contributed by atoms with van der Waals surface area (Å²) in [5.74, 6) is -3.27. The van der Waals surface area contributed by atoms with Crippen molar-refractivity contribution in [2.75, 3.05) is 0 Å². The van der Waals surface area contributed by atoms with Gasteiger partial charge in [0.25, 0.3) is 0 Å². The number of aromatic hydroxyl groups is 1. The monoisotopic (exact) mass is 254 g/mol. The van der Waals surface area contributed by atoms with Crippen LogP contribution in [0, 0.1) is 10.1 Å². The second kappa shape index (κ2) is 4.41. The zero-order valence-electron chi connectivity index (χ0n) is 7.93. The van der Waals surface area contributed by atoms with Gasteiger partial charge in [-0.3, -0.25) is 0 Å². The van der Waals surface area contributed by atoms with E-state index in [1.165, 1.54) is 0 Å². The van der Waals surface area contributed by atoms with Crippen LogP contribution < -0.4 is 4.74 Å². The summed E-state index contributed by atoms with van der Waals surface area (Å²) in [4.78, 5) is 12.4. The molecule has 1 rings (SSSR count). The van der Waals surface area contributed by atoms with Gasteiger partial charge >= 0.3 is 12.2 Å². The van der Waals surface area contributed by atoms with Crippen LogP contribution in [0.25, 0.3) is 0 Å². The molecule has 0 bridgehead atoms. The van der Waals surface area contributed by atoms with Crippen LogP contribution in [0.5, 0.6) is 11.5 Å². The zero-order chi connectivity index (χ0) is 13.2. The van der Waals surface area contributed by atoms with Gasteiger partial charge in [-0.1, -0.05) is 0 Å². The molecule has 17 heavy (non-hydrogen) atoms. The largest absolute Gasteiger partial charge is 0.573 e. The van der Waals surface area contributed by atoms with Gasteiger partial charge in [-0.15, -0.1) is 13.2 Å². The summed E-state index contributed by atoms with van der Waals surface area (Å²) in [5.41, 5.74) is -0.682. The fraction of sp³-hybridized carbons (Fsp3) is 0.286. The normalized spacial score (nSPS) is 11.3. The number of hydrogen-bond acceptors (Lipinski definition) is 6.